The predicted molar refractivity (Wildman–Crippen MR) is 108 cm³/mol. The smallest absolute Gasteiger partial charge is 0.381 e. The maximum Gasteiger partial charge on any atom is 0.471 e. The van der Waals surface area contributed by atoms with Crippen LogP contribution in [-0.2, 0) is 20.9 Å². The number of amides is 1. The van der Waals surface area contributed by atoms with E-state index in [-0.39, 0.29) is 11.3 Å². The van der Waals surface area contributed by atoms with E-state index in [4.69, 9.17) is 9.47 Å². The molecule has 1 heterocycles. The Kier molecular flexibility index (Phi) is 7.45. The molecule has 4 nitrogen and oxygen atoms in total. The lowest BCUT2D eigenvalue weighted by Crippen LogP contribution is -2.53. The third-order valence-corrected chi connectivity index (χ3v) is 6.80. The fourth-order valence-electron chi connectivity index (χ4n) is 4.87. The molecule has 3 rings (SSSR count). The molecule has 0 spiro atoms. The van der Waals surface area contributed by atoms with Crippen LogP contribution in [-0.4, -0.2) is 48.9 Å². The molecule has 1 aliphatic heterocycles. The first-order valence-electron chi connectivity index (χ1n) is 10.8. The highest BCUT2D eigenvalue weighted by Gasteiger charge is 2.51. The Morgan fingerprint density at radius 3 is 2.43 bits per heavy atom. The van der Waals surface area contributed by atoms with Gasteiger partial charge in [-0.1, -0.05) is 44.2 Å². The molecule has 0 bridgehead atoms. The van der Waals surface area contributed by atoms with Crippen molar-refractivity contribution in [2.75, 3.05) is 19.8 Å². The predicted octanol–water partition coefficient (Wildman–Crippen LogP) is 4.97. The van der Waals surface area contributed by atoms with Crippen molar-refractivity contribution in [1.29, 1.82) is 0 Å². The minimum Gasteiger partial charge on any atom is -0.381 e. The molecule has 0 aromatic heterocycles. The second-order valence-corrected chi connectivity index (χ2v) is 8.95. The van der Waals surface area contributed by atoms with Gasteiger partial charge in [0.25, 0.3) is 0 Å². The zero-order valence-corrected chi connectivity index (χ0v) is 17.8. The largest absolute Gasteiger partial charge is 0.471 e. The van der Waals surface area contributed by atoms with Crippen molar-refractivity contribution in [3.8, 4) is 0 Å². The monoisotopic (exact) mass is 427 g/mol. The van der Waals surface area contributed by atoms with Crippen molar-refractivity contribution >= 4 is 5.91 Å². The van der Waals surface area contributed by atoms with Crippen LogP contribution in [0.1, 0.15) is 51.5 Å². The zero-order valence-electron chi connectivity index (χ0n) is 17.8. The Bertz CT molecular complexity index is 689. The third-order valence-electron chi connectivity index (χ3n) is 6.80. The minimum absolute atomic E-state index is 0.227. The molecule has 1 saturated carbocycles. The van der Waals surface area contributed by atoms with Crippen molar-refractivity contribution in [1.82, 2.24) is 4.90 Å². The summed E-state index contributed by atoms with van der Waals surface area (Å²) in [5.74, 6) is -1.46. The van der Waals surface area contributed by atoms with Crippen molar-refractivity contribution < 1.29 is 27.4 Å². The number of rotatable bonds is 7. The lowest BCUT2D eigenvalue weighted by Gasteiger charge is -2.40. The number of halogens is 3. The first-order chi connectivity index (χ1) is 14.2. The van der Waals surface area contributed by atoms with Crippen molar-refractivity contribution in [3.05, 3.63) is 35.9 Å². The number of alkyl halides is 3. The van der Waals surface area contributed by atoms with E-state index in [1.807, 2.05) is 30.3 Å². The molecule has 2 atom stereocenters. The first kappa shape index (κ1) is 23.1. The zero-order chi connectivity index (χ0) is 21.8. The number of benzene rings is 1. The summed E-state index contributed by atoms with van der Waals surface area (Å²) in [5.41, 5.74) is 0.844. The van der Waals surface area contributed by atoms with Crippen LogP contribution in [0.3, 0.4) is 0 Å². The van der Waals surface area contributed by atoms with Gasteiger partial charge in [-0.25, -0.2) is 0 Å². The van der Waals surface area contributed by atoms with Gasteiger partial charge in [0.05, 0.1) is 13.2 Å². The van der Waals surface area contributed by atoms with Gasteiger partial charge in [0, 0.05) is 25.3 Å². The van der Waals surface area contributed by atoms with Crippen LogP contribution < -0.4 is 0 Å². The Morgan fingerprint density at radius 1 is 1.17 bits per heavy atom. The van der Waals surface area contributed by atoms with E-state index in [0.29, 0.717) is 52.1 Å². The fourth-order valence-corrected chi connectivity index (χ4v) is 4.87. The third kappa shape index (κ3) is 5.35. The summed E-state index contributed by atoms with van der Waals surface area (Å²) < 4.78 is 51.5. The van der Waals surface area contributed by atoms with E-state index >= 15 is 0 Å². The molecule has 7 heteroatoms. The molecule has 1 saturated heterocycles. The number of carbonyl (C=O) groups is 1. The van der Waals surface area contributed by atoms with Crippen LogP contribution in [0.5, 0.6) is 0 Å². The summed E-state index contributed by atoms with van der Waals surface area (Å²) in [7, 11) is 0. The Balaban J connectivity index is 1.72. The van der Waals surface area contributed by atoms with E-state index < -0.39 is 24.2 Å². The van der Waals surface area contributed by atoms with Crippen LogP contribution in [0.15, 0.2) is 30.3 Å². The summed E-state index contributed by atoms with van der Waals surface area (Å²) in [6, 6.07) is 9.02. The van der Waals surface area contributed by atoms with Crippen LogP contribution in [0, 0.1) is 11.3 Å². The summed E-state index contributed by atoms with van der Waals surface area (Å²) in [5, 5.41) is 0. The highest BCUT2D eigenvalue weighted by Crippen LogP contribution is 2.47. The molecule has 0 radical (unpaired) electrons. The molecule has 1 aliphatic carbocycles. The highest BCUT2D eigenvalue weighted by molar-refractivity contribution is 5.82. The van der Waals surface area contributed by atoms with Gasteiger partial charge >= 0.3 is 12.1 Å². The van der Waals surface area contributed by atoms with E-state index in [1.165, 1.54) is 0 Å². The van der Waals surface area contributed by atoms with E-state index in [9.17, 15) is 18.0 Å². The van der Waals surface area contributed by atoms with E-state index in [0.717, 1.165) is 16.9 Å². The maximum atomic E-state index is 13.4. The highest BCUT2D eigenvalue weighted by atomic mass is 19.4. The number of hydrogen-bond acceptors (Lipinski definition) is 3. The van der Waals surface area contributed by atoms with E-state index in [2.05, 4.69) is 13.8 Å². The fraction of sp³-hybridized carbons (Fsp3) is 0.696. The van der Waals surface area contributed by atoms with Crippen molar-refractivity contribution in [2.45, 2.75) is 70.8 Å². The van der Waals surface area contributed by atoms with E-state index in [1.54, 1.807) is 0 Å². The van der Waals surface area contributed by atoms with Crippen LogP contribution in [0.4, 0.5) is 13.2 Å². The van der Waals surface area contributed by atoms with Crippen LogP contribution in [0.2, 0.25) is 0 Å². The lowest BCUT2D eigenvalue weighted by molar-refractivity contribution is -0.192. The maximum absolute atomic E-state index is 13.4. The number of nitrogens with zero attached hydrogens (tertiary/aromatic N) is 1. The lowest BCUT2D eigenvalue weighted by atomic mass is 9.76. The van der Waals surface area contributed by atoms with Gasteiger partial charge in [-0.3, -0.25) is 4.79 Å². The normalized spacial score (nSPS) is 25.6. The number of carbonyl (C=O) groups excluding carboxylic acids is 1. The standard InChI is InChI=1S/C23H32F3NO3/c1-17(2)22(16-30-15-18-6-4-3-5-7-18)11-8-20(14-22)27(21(28)23(24,25)26)19-9-12-29-13-10-19/h3-7,17,19-20H,8-16H2,1-2H3/t20-,22-/m1/s1. The molecule has 0 N–H and O–H groups in total. The van der Waals surface area contributed by atoms with Crippen molar-refractivity contribution in [2.24, 2.45) is 11.3 Å². The van der Waals surface area contributed by atoms with Gasteiger partial charge in [-0.15, -0.1) is 0 Å². The van der Waals surface area contributed by atoms with Gasteiger partial charge in [-0.05, 0) is 49.0 Å². The summed E-state index contributed by atoms with van der Waals surface area (Å²) in [6.07, 6.45) is -2.07. The van der Waals surface area contributed by atoms with Crippen LogP contribution in [0.25, 0.3) is 0 Å². The molecule has 0 unspecified atom stereocenters. The average Bonchev–Trinajstić information content (AvgIpc) is 3.14. The molecular weight excluding hydrogens is 395 g/mol. The van der Waals surface area contributed by atoms with Gasteiger partial charge in [0.1, 0.15) is 0 Å². The first-order valence-corrected chi connectivity index (χ1v) is 10.8. The summed E-state index contributed by atoms with van der Waals surface area (Å²) >= 11 is 0. The second-order valence-electron chi connectivity index (χ2n) is 8.95. The molecule has 2 fully saturated rings. The average molecular weight is 428 g/mol. The van der Waals surface area contributed by atoms with Gasteiger partial charge in [0.2, 0.25) is 0 Å². The summed E-state index contributed by atoms with van der Waals surface area (Å²) in [4.78, 5) is 13.5. The van der Waals surface area contributed by atoms with Gasteiger partial charge < -0.3 is 14.4 Å². The number of hydrogen-bond donors (Lipinski definition) is 0. The second kappa shape index (κ2) is 9.69. The molecule has 168 valence electrons. The van der Waals surface area contributed by atoms with Crippen molar-refractivity contribution in [3.63, 3.8) is 0 Å². The Hall–Kier alpha value is -1.60. The molecular formula is C23H32F3NO3. The molecule has 30 heavy (non-hydrogen) atoms. The Labute approximate surface area is 176 Å². The molecule has 2 aliphatic rings. The summed E-state index contributed by atoms with van der Waals surface area (Å²) in [6.45, 7) is 5.95. The SMILES string of the molecule is CC(C)[C@]1(COCc2ccccc2)CC[C@@H](N(C(=O)C(F)(F)F)C2CCOCC2)C1. The quantitative estimate of drug-likeness (QED) is 0.617. The van der Waals surface area contributed by atoms with Crippen LogP contribution >= 0.6 is 0 Å². The Morgan fingerprint density at radius 2 is 1.83 bits per heavy atom. The van der Waals surface area contributed by atoms with Gasteiger partial charge in [0.15, 0.2) is 0 Å². The topological polar surface area (TPSA) is 38.8 Å². The van der Waals surface area contributed by atoms with Gasteiger partial charge in [-0.2, -0.15) is 13.2 Å². The number of ether oxygens (including phenoxy) is 2. The molecule has 1 aromatic rings. The molecule has 1 amide bonds. The minimum atomic E-state index is -4.86. The molecule has 1 aromatic carbocycles.